The Labute approximate surface area is 96.9 Å². The van der Waals surface area contributed by atoms with Crippen LogP contribution in [0.25, 0.3) is 0 Å². The first-order valence-electron chi connectivity index (χ1n) is 4.34. The Morgan fingerprint density at radius 1 is 1.57 bits per heavy atom. The van der Waals surface area contributed by atoms with E-state index in [4.69, 9.17) is 4.84 Å². The van der Waals surface area contributed by atoms with Crippen LogP contribution in [0.1, 0.15) is 22.8 Å². The molecule has 0 unspecified atom stereocenters. The van der Waals surface area contributed by atoms with Crippen molar-refractivity contribution in [1.29, 1.82) is 0 Å². The molecule has 0 bridgehead atoms. The van der Waals surface area contributed by atoms with E-state index in [0.29, 0.717) is 12.2 Å². The fourth-order valence-corrected chi connectivity index (χ4v) is 1.62. The first kappa shape index (κ1) is 11.5. The lowest BCUT2D eigenvalue weighted by molar-refractivity contribution is 0.0363. The average Bonchev–Trinajstić information content (AvgIpc) is 2.18. The minimum absolute atomic E-state index is 0.194. The fourth-order valence-electron chi connectivity index (χ4n) is 1.02. The number of nitrogens with one attached hydrogen (secondary N) is 1. The molecule has 0 aliphatic rings. The number of amides is 1. The highest BCUT2D eigenvalue weighted by Gasteiger charge is 2.10. The highest BCUT2D eigenvalue weighted by molar-refractivity contribution is 14.1. The van der Waals surface area contributed by atoms with Crippen LogP contribution in [0, 0.1) is 10.5 Å². The third kappa shape index (κ3) is 2.68. The molecule has 0 radical (unpaired) electrons. The second kappa shape index (κ2) is 5.31. The van der Waals surface area contributed by atoms with Gasteiger partial charge in [-0.3, -0.25) is 9.63 Å². The third-order valence-corrected chi connectivity index (χ3v) is 3.18. The van der Waals surface area contributed by atoms with E-state index in [-0.39, 0.29) is 5.91 Å². The number of aryl methyl sites for hydroxylation is 1. The number of rotatable bonds is 3. The van der Waals surface area contributed by atoms with Crippen LogP contribution in [-0.2, 0) is 4.84 Å². The van der Waals surface area contributed by atoms with Crippen molar-refractivity contribution in [1.82, 2.24) is 5.48 Å². The van der Waals surface area contributed by atoms with Crippen LogP contribution in [0.15, 0.2) is 18.2 Å². The number of hydrogen-bond acceptors (Lipinski definition) is 2. The Hall–Kier alpha value is -0.620. The molecule has 0 fully saturated rings. The van der Waals surface area contributed by atoms with Crippen LogP contribution in [-0.4, -0.2) is 12.5 Å². The van der Waals surface area contributed by atoms with Gasteiger partial charge in [0.1, 0.15) is 0 Å². The van der Waals surface area contributed by atoms with Gasteiger partial charge >= 0.3 is 0 Å². The second-order valence-electron chi connectivity index (χ2n) is 2.80. The molecule has 76 valence electrons. The summed E-state index contributed by atoms with van der Waals surface area (Å²) < 4.78 is 0.960. The molecule has 0 spiro atoms. The van der Waals surface area contributed by atoms with E-state index in [1.807, 2.05) is 26.0 Å². The Kier molecular flexibility index (Phi) is 4.34. The molecule has 0 saturated heterocycles. The van der Waals surface area contributed by atoms with Gasteiger partial charge in [-0.15, -0.1) is 0 Å². The minimum Gasteiger partial charge on any atom is -0.274 e. The van der Waals surface area contributed by atoms with Gasteiger partial charge in [-0.05, 0) is 48.1 Å². The molecular weight excluding hydrogens is 293 g/mol. The maximum absolute atomic E-state index is 11.5. The van der Waals surface area contributed by atoms with Gasteiger partial charge in [0.05, 0.1) is 12.2 Å². The summed E-state index contributed by atoms with van der Waals surface area (Å²) in [7, 11) is 0. The molecular formula is C10H12INO2. The monoisotopic (exact) mass is 305 g/mol. The van der Waals surface area contributed by atoms with Crippen molar-refractivity contribution in [3.05, 3.63) is 32.9 Å². The van der Waals surface area contributed by atoms with Crippen LogP contribution in [0.2, 0.25) is 0 Å². The Bertz CT molecular complexity index is 339. The molecule has 1 amide bonds. The molecule has 0 saturated carbocycles. The molecule has 0 heterocycles. The summed E-state index contributed by atoms with van der Waals surface area (Å²) in [5, 5.41) is 0. The molecule has 0 atom stereocenters. The molecule has 14 heavy (non-hydrogen) atoms. The average molecular weight is 305 g/mol. The Morgan fingerprint density at radius 2 is 2.29 bits per heavy atom. The zero-order valence-electron chi connectivity index (χ0n) is 8.13. The largest absolute Gasteiger partial charge is 0.275 e. The summed E-state index contributed by atoms with van der Waals surface area (Å²) >= 11 is 2.16. The lowest BCUT2D eigenvalue weighted by Gasteiger charge is -2.07. The fraction of sp³-hybridized carbons (Fsp3) is 0.300. The predicted octanol–water partition coefficient (Wildman–Crippen LogP) is 2.28. The van der Waals surface area contributed by atoms with E-state index >= 15 is 0 Å². The molecule has 4 heteroatoms. The summed E-state index contributed by atoms with van der Waals surface area (Å²) in [6.07, 6.45) is 0. The van der Waals surface area contributed by atoms with Crippen LogP contribution in [0.5, 0.6) is 0 Å². The van der Waals surface area contributed by atoms with Crippen LogP contribution >= 0.6 is 22.6 Å². The zero-order valence-corrected chi connectivity index (χ0v) is 10.3. The molecule has 0 aliphatic heterocycles. The standard InChI is InChI=1S/C10H12INO2/c1-3-14-12-10(13)8-6-4-5-7(2)9(8)11/h4-6H,3H2,1-2H3,(H,12,13). The lowest BCUT2D eigenvalue weighted by Crippen LogP contribution is -2.24. The van der Waals surface area contributed by atoms with Gasteiger partial charge in [0.2, 0.25) is 0 Å². The summed E-state index contributed by atoms with van der Waals surface area (Å²) in [6.45, 7) is 4.26. The topological polar surface area (TPSA) is 38.3 Å². The van der Waals surface area contributed by atoms with E-state index in [1.54, 1.807) is 6.07 Å². The molecule has 1 aromatic rings. The summed E-state index contributed by atoms with van der Waals surface area (Å²) in [6, 6.07) is 5.61. The maximum Gasteiger partial charge on any atom is 0.275 e. The smallest absolute Gasteiger partial charge is 0.274 e. The number of carbonyl (C=O) groups excluding carboxylic acids is 1. The predicted molar refractivity (Wildman–Crippen MR) is 63.0 cm³/mol. The highest BCUT2D eigenvalue weighted by Crippen LogP contribution is 2.16. The van der Waals surface area contributed by atoms with Gasteiger partial charge < -0.3 is 0 Å². The number of carbonyl (C=O) groups is 1. The van der Waals surface area contributed by atoms with E-state index in [9.17, 15) is 4.79 Å². The van der Waals surface area contributed by atoms with Crippen LogP contribution < -0.4 is 5.48 Å². The molecule has 0 aromatic heterocycles. The third-order valence-electron chi connectivity index (χ3n) is 1.75. The Morgan fingerprint density at radius 3 is 2.93 bits per heavy atom. The quantitative estimate of drug-likeness (QED) is 0.687. The van der Waals surface area contributed by atoms with E-state index in [2.05, 4.69) is 28.1 Å². The molecule has 1 rings (SSSR count). The number of halogens is 1. The number of benzene rings is 1. The normalized spacial score (nSPS) is 9.93. The van der Waals surface area contributed by atoms with Crippen molar-refractivity contribution in [2.75, 3.05) is 6.61 Å². The Balaban J connectivity index is 2.84. The maximum atomic E-state index is 11.5. The van der Waals surface area contributed by atoms with E-state index in [1.165, 1.54) is 0 Å². The lowest BCUT2D eigenvalue weighted by atomic mass is 10.1. The summed E-state index contributed by atoms with van der Waals surface area (Å²) in [5.74, 6) is -0.194. The first-order chi connectivity index (χ1) is 6.66. The van der Waals surface area contributed by atoms with Crippen LogP contribution in [0.3, 0.4) is 0 Å². The van der Waals surface area contributed by atoms with Gasteiger partial charge in [0.25, 0.3) is 5.91 Å². The zero-order chi connectivity index (χ0) is 10.6. The summed E-state index contributed by atoms with van der Waals surface area (Å²) in [4.78, 5) is 16.4. The minimum atomic E-state index is -0.194. The molecule has 1 aromatic carbocycles. The molecule has 1 N–H and O–H groups in total. The summed E-state index contributed by atoms with van der Waals surface area (Å²) in [5.41, 5.74) is 4.12. The molecule has 0 aliphatic carbocycles. The number of hydrogen-bond donors (Lipinski definition) is 1. The first-order valence-corrected chi connectivity index (χ1v) is 5.42. The molecule has 3 nitrogen and oxygen atoms in total. The van der Waals surface area contributed by atoms with Crippen molar-refractivity contribution in [3.63, 3.8) is 0 Å². The van der Waals surface area contributed by atoms with Crippen molar-refractivity contribution in [3.8, 4) is 0 Å². The van der Waals surface area contributed by atoms with E-state index < -0.39 is 0 Å². The highest BCUT2D eigenvalue weighted by atomic mass is 127. The van der Waals surface area contributed by atoms with Crippen LogP contribution in [0.4, 0.5) is 0 Å². The van der Waals surface area contributed by atoms with Gasteiger partial charge in [0.15, 0.2) is 0 Å². The van der Waals surface area contributed by atoms with E-state index in [0.717, 1.165) is 9.13 Å². The van der Waals surface area contributed by atoms with Crippen molar-refractivity contribution < 1.29 is 9.63 Å². The van der Waals surface area contributed by atoms with Gasteiger partial charge in [-0.1, -0.05) is 12.1 Å². The number of hydroxylamine groups is 1. The van der Waals surface area contributed by atoms with Gasteiger partial charge in [-0.2, -0.15) is 0 Å². The van der Waals surface area contributed by atoms with Crippen molar-refractivity contribution in [2.45, 2.75) is 13.8 Å². The van der Waals surface area contributed by atoms with Crippen molar-refractivity contribution >= 4 is 28.5 Å². The van der Waals surface area contributed by atoms with Gasteiger partial charge in [-0.25, -0.2) is 5.48 Å². The second-order valence-corrected chi connectivity index (χ2v) is 3.88. The van der Waals surface area contributed by atoms with Crippen molar-refractivity contribution in [2.24, 2.45) is 0 Å². The van der Waals surface area contributed by atoms with Gasteiger partial charge in [0, 0.05) is 3.57 Å². The SMILES string of the molecule is CCONC(=O)c1cccc(C)c1I.